The third-order valence-electron chi connectivity index (χ3n) is 4.46. The molecule has 5 amide bonds. The lowest BCUT2D eigenvalue weighted by Gasteiger charge is -2.23. The van der Waals surface area contributed by atoms with Gasteiger partial charge in [0.25, 0.3) is 5.91 Å². The zero-order valence-corrected chi connectivity index (χ0v) is 17.4. The Morgan fingerprint density at radius 2 is 1.72 bits per heavy atom. The average Bonchev–Trinajstić information content (AvgIpc) is 2.85. The molecule has 0 radical (unpaired) electrons. The molecule has 1 atom stereocenters. The highest BCUT2D eigenvalue weighted by Gasteiger charge is 2.50. The topological polar surface area (TPSA) is 108 Å². The van der Waals surface area contributed by atoms with Crippen LogP contribution >= 0.6 is 15.9 Å². The van der Waals surface area contributed by atoms with Crippen molar-refractivity contribution in [1.29, 1.82) is 0 Å². The Labute approximate surface area is 175 Å². The van der Waals surface area contributed by atoms with E-state index in [0.29, 0.717) is 21.4 Å². The number of halogens is 1. The van der Waals surface area contributed by atoms with Crippen LogP contribution in [0.4, 0.5) is 16.2 Å². The highest BCUT2D eigenvalue weighted by molar-refractivity contribution is 9.10. The summed E-state index contributed by atoms with van der Waals surface area (Å²) < 4.78 is 0.678. The zero-order valence-electron chi connectivity index (χ0n) is 15.8. The molecule has 3 rings (SSSR count). The number of nitrogens with zero attached hydrogens (tertiary/aromatic N) is 1. The molecule has 1 saturated heterocycles. The first-order chi connectivity index (χ1) is 13.7. The summed E-state index contributed by atoms with van der Waals surface area (Å²) in [5.74, 6) is -1.29. The molecule has 0 aliphatic carbocycles. The number of rotatable bonds is 5. The number of hydrogen-bond donors (Lipinski definition) is 3. The zero-order chi connectivity index (χ0) is 21.2. The molecule has 0 saturated carbocycles. The molecule has 9 heteroatoms. The van der Waals surface area contributed by atoms with Crippen molar-refractivity contribution in [2.24, 2.45) is 0 Å². The molecular weight excluding hydrogens is 440 g/mol. The second-order valence-electron chi connectivity index (χ2n) is 6.74. The van der Waals surface area contributed by atoms with Crippen molar-refractivity contribution in [3.63, 3.8) is 0 Å². The highest BCUT2D eigenvalue weighted by atomic mass is 79.9. The lowest BCUT2D eigenvalue weighted by atomic mass is 9.92. The van der Waals surface area contributed by atoms with Gasteiger partial charge in [-0.3, -0.25) is 19.3 Å². The van der Waals surface area contributed by atoms with Gasteiger partial charge >= 0.3 is 6.03 Å². The van der Waals surface area contributed by atoms with Crippen molar-refractivity contribution in [2.75, 3.05) is 17.2 Å². The SMILES string of the molecule is CC(=O)Nc1cccc(NC(=O)CN2C(=O)NC(C)(c3ccccc3Br)C2=O)c1. The summed E-state index contributed by atoms with van der Waals surface area (Å²) >= 11 is 3.40. The second-order valence-corrected chi connectivity index (χ2v) is 7.59. The van der Waals surface area contributed by atoms with Gasteiger partial charge in [0.15, 0.2) is 0 Å². The van der Waals surface area contributed by atoms with Crippen LogP contribution in [-0.2, 0) is 19.9 Å². The molecule has 29 heavy (non-hydrogen) atoms. The van der Waals surface area contributed by atoms with Crippen LogP contribution in [0.5, 0.6) is 0 Å². The number of carbonyl (C=O) groups excluding carboxylic acids is 4. The Hall–Kier alpha value is -3.20. The summed E-state index contributed by atoms with van der Waals surface area (Å²) in [4.78, 5) is 49.8. The Morgan fingerprint density at radius 1 is 1.07 bits per heavy atom. The van der Waals surface area contributed by atoms with Gasteiger partial charge < -0.3 is 16.0 Å². The number of carbonyl (C=O) groups is 4. The monoisotopic (exact) mass is 458 g/mol. The molecule has 2 aromatic rings. The molecule has 8 nitrogen and oxygen atoms in total. The van der Waals surface area contributed by atoms with Gasteiger partial charge in [0.1, 0.15) is 12.1 Å². The quantitative estimate of drug-likeness (QED) is 0.598. The Balaban J connectivity index is 1.73. The van der Waals surface area contributed by atoms with Crippen LogP contribution in [0, 0.1) is 0 Å². The molecule has 2 aromatic carbocycles. The molecule has 0 bridgehead atoms. The maximum Gasteiger partial charge on any atom is 0.325 e. The smallest absolute Gasteiger partial charge is 0.325 e. The standard InChI is InChI=1S/C20H19BrN4O4/c1-12(26)22-13-6-5-7-14(10-13)23-17(27)11-25-18(28)20(2,24-19(25)29)15-8-3-4-9-16(15)21/h3-10H,11H2,1-2H3,(H,22,26)(H,23,27)(H,24,29). The minimum atomic E-state index is -1.28. The van der Waals surface area contributed by atoms with E-state index in [-0.39, 0.29) is 5.91 Å². The molecule has 1 fully saturated rings. The average molecular weight is 459 g/mol. The fraction of sp³-hybridized carbons (Fsp3) is 0.200. The van der Waals surface area contributed by atoms with E-state index in [9.17, 15) is 19.2 Å². The van der Waals surface area contributed by atoms with Crippen molar-refractivity contribution in [3.05, 3.63) is 58.6 Å². The lowest BCUT2D eigenvalue weighted by molar-refractivity contribution is -0.133. The summed E-state index contributed by atoms with van der Waals surface area (Å²) in [5, 5.41) is 7.91. The van der Waals surface area contributed by atoms with Gasteiger partial charge in [0.2, 0.25) is 11.8 Å². The van der Waals surface area contributed by atoms with Crippen LogP contribution in [0.1, 0.15) is 19.4 Å². The molecule has 1 aliphatic rings. The van der Waals surface area contributed by atoms with Gasteiger partial charge in [0, 0.05) is 28.3 Å². The molecule has 1 aliphatic heterocycles. The number of amides is 5. The minimum absolute atomic E-state index is 0.237. The Bertz CT molecular complexity index is 1010. The van der Waals surface area contributed by atoms with E-state index in [1.165, 1.54) is 6.92 Å². The van der Waals surface area contributed by atoms with Gasteiger partial charge in [-0.05, 0) is 31.2 Å². The predicted molar refractivity (Wildman–Crippen MR) is 111 cm³/mol. The Morgan fingerprint density at radius 3 is 2.38 bits per heavy atom. The van der Waals surface area contributed by atoms with Crippen LogP contribution in [0.25, 0.3) is 0 Å². The Kier molecular flexibility index (Phi) is 5.69. The van der Waals surface area contributed by atoms with Gasteiger partial charge in [-0.1, -0.05) is 40.2 Å². The van der Waals surface area contributed by atoms with Crippen molar-refractivity contribution in [2.45, 2.75) is 19.4 Å². The van der Waals surface area contributed by atoms with Crippen molar-refractivity contribution >= 4 is 51.1 Å². The van der Waals surface area contributed by atoms with E-state index < -0.39 is 29.9 Å². The maximum atomic E-state index is 12.9. The molecule has 3 N–H and O–H groups in total. The van der Waals surface area contributed by atoms with Gasteiger partial charge in [-0.2, -0.15) is 0 Å². The fourth-order valence-corrected chi connectivity index (χ4v) is 3.79. The lowest BCUT2D eigenvalue weighted by Crippen LogP contribution is -2.42. The molecule has 1 unspecified atom stereocenters. The summed E-state index contributed by atoms with van der Waals surface area (Å²) in [7, 11) is 0. The van der Waals surface area contributed by atoms with Crippen LogP contribution in [0.2, 0.25) is 0 Å². The third-order valence-corrected chi connectivity index (χ3v) is 5.15. The molecule has 150 valence electrons. The summed E-state index contributed by atoms with van der Waals surface area (Å²) in [6.07, 6.45) is 0. The van der Waals surface area contributed by atoms with E-state index >= 15 is 0 Å². The van der Waals surface area contributed by atoms with Gasteiger partial charge in [-0.15, -0.1) is 0 Å². The first-order valence-corrected chi connectivity index (χ1v) is 9.56. The first-order valence-electron chi connectivity index (χ1n) is 8.77. The third kappa shape index (κ3) is 4.29. The number of hydrogen-bond acceptors (Lipinski definition) is 4. The highest BCUT2D eigenvalue weighted by Crippen LogP contribution is 2.33. The second kappa shape index (κ2) is 8.04. The van der Waals surface area contributed by atoms with E-state index in [1.54, 1.807) is 55.5 Å². The summed E-state index contributed by atoms with van der Waals surface area (Å²) in [5.41, 5.74) is 0.279. The predicted octanol–water partition coefficient (Wildman–Crippen LogP) is 2.81. The minimum Gasteiger partial charge on any atom is -0.326 e. The number of anilines is 2. The van der Waals surface area contributed by atoms with Crippen molar-refractivity contribution in [3.8, 4) is 0 Å². The van der Waals surface area contributed by atoms with Crippen LogP contribution in [0.3, 0.4) is 0 Å². The van der Waals surface area contributed by atoms with Crippen LogP contribution in [-0.4, -0.2) is 35.2 Å². The summed E-state index contributed by atoms with van der Waals surface area (Å²) in [6.45, 7) is 2.54. The fourth-order valence-electron chi connectivity index (χ4n) is 3.11. The van der Waals surface area contributed by atoms with E-state index in [2.05, 4.69) is 31.9 Å². The number of benzene rings is 2. The number of imide groups is 1. The first kappa shape index (κ1) is 20.5. The van der Waals surface area contributed by atoms with Crippen molar-refractivity contribution in [1.82, 2.24) is 10.2 Å². The van der Waals surface area contributed by atoms with Crippen LogP contribution in [0.15, 0.2) is 53.0 Å². The largest absolute Gasteiger partial charge is 0.326 e. The molecule has 1 heterocycles. The maximum absolute atomic E-state index is 12.9. The molecule has 0 aromatic heterocycles. The van der Waals surface area contributed by atoms with Gasteiger partial charge in [0.05, 0.1) is 0 Å². The number of urea groups is 1. The van der Waals surface area contributed by atoms with E-state index in [1.807, 2.05) is 0 Å². The van der Waals surface area contributed by atoms with Crippen molar-refractivity contribution < 1.29 is 19.2 Å². The van der Waals surface area contributed by atoms with E-state index in [0.717, 1.165) is 4.90 Å². The van der Waals surface area contributed by atoms with Crippen LogP contribution < -0.4 is 16.0 Å². The normalized spacial score (nSPS) is 18.4. The summed E-state index contributed by atoms with van der Waals surface area (Å²) in [6, 6.07) is 13.0. The molecular formula is C20H19BrN4O4. The molecule has 0 spiro atoms. The van der Waals surface area contributed by atoms with E-state index in [4.69, 9.17) is 0 Å². The van der Waals surface area contributed by atoms with Gasteiger partial charge in [-0.25, -0.2) is 4.79 Å². The number of nitrogens with one attached hydrogen (secondary N) is 3.